The molecule has 0 bridgehead atoms. The first-order valence-corrected chi connectivity index (χ1v) is 8.26. The van der Waals surface area contributed by atoms with Gasteiger partial charge in [0, 0.05) is 36.0 Å². The molecule has 1 saturated heterocycles. The van der Waals surface area contributed by atoms with Gasteiger partial charge in [-0.2, -0.15) is 0 Å². The van der Waals surface area contributed by atoms with Gasteiger partial charge in [-0.25, -0.2) is 0 Å². The number of likely N-dealkylation sites (tertiary alicyclic amines) is 1. The average molecular weight is 328 g/mol. The monoisotopic (exact) mass is 328 g/mol. The molecule has 1 aliphatic rings. The molecular weight excluding hydrogens is 304 g/mol. The summed E-state index contributed by atoms with van der Waals surface area (Å²) in [6.07, 6.45) is 3.55. The number of ketones is 1. The van der Waals surface area contributed by atoms with Crippen molar-refractivity contribution in [1.82, 2.24) is 4.90 Å². The molecule has 1 heterocycles. The molecule has 2 rings (SSSR count). The number of piperidine rings is 1. The van der Waals surface area contributed by atoms with Crippen LogP contribution in [0.25, 0.3) is 0 Å². The Morgan fingerprint density at radius 1 is 1.17 bits per heavy atom. The van der Waals surface area contributed by atoms with Gasteiger partial charge in [-0.1, -0.05) is 6.92 Å². The third kappa shape index (κ3) is 4.78. The second-order valence-electron chi connectivity index (χ2n) is 6.45. The van der Waals surface area contributed by atoms with Crippen LogP contribution in [0.3, 0.4) is 0 Å². The van der Waals surface area contributed by atoms with Gasteiger partial charge in [0.2, 0.25) is 5.91 Å². The Morgan fingerprint density at radius 2 is 1.83 bits per heavy atom. The highest BCUT2D eigenvalue weighted by atomic mass is 16.2. The number of carbonyl (C=O) groups excluding carboxylic acids is 3. The summed E-state index contributed by atoms with van der Waals surface area (Å²) in [6.45, 7) is 6.75. The number of rotatable bonds is 4. The molecule has 1 N–H and O–H groups in total. The number of carbonyl (C=O) groups is 3. The van der Waals surface area contributed by atoms with Crippen molar-refractivity contribution >= 4 is 23.3 Å². The lowest BCUT2D eigenvalue weighted by molar-refractivity contribution is -0.128. The summed E-state index contributed by atoms with van der Waals surface area (Å²) in [5.41, 5.74) is 1.56. The maximum Gasteiger partial charge on any atom is 0.251 e. The first-order chi connectivity index (χ1) is 11.4. The number of nitrogens with zero attached hydrogens (tertiary/aromatic N) is 1. The molecule has 2 amide bonds. The first-order valence-electron chi connectivity index (χ1n) is 8.26. The number of Topliss-reactive ketones (excluding diaryl/α,β-unsaturated/α-hetero) is 1. The summed E-state index contributed by atoms with van der Waals surface area (Å²) in [5.74, 6) is 0.0560. The fourth-order valence-electron chi connectivity index (χ4n) is 2.75. The minimum absolute atomic E-state index is 0.0229. The SMILES string of the molecule is CC(=O)c1ccc(NC(=O)/C(C)=C\C(=O)N2CCCC(C)C2)cc1. The number of amides is 2. The van der Waals surface area contributed by atoms with Crippen molar-refractivity contribution < 1.29 is 14.4 Å². The third-order valence-electron chi connectivity index (χ3n) is 4.22. The van der Waals surface area contributed by atoms with Gasteiger partial charge in [-0.05, 0) is 56.9 Å². The van der Waals surface area contributed by atoms with Crippen molar-refractivity contribution in [2.24, 2.45) is 5.92 Å². The molecule has 0 saturated carbocycles. The highest BCUT2D eigenvalue weighted by molar-refractivity contribution is 6.07. The van der Waals surface area contributed by atoms with Crippen LogP contribution in [-0.2, 0) is 9.59 Å². The van der Waals surface area contributed by atoms with E-state index < -0.39 is 0 Å². The highest BCUT2D eigenvalue weighted by Crippen LogP contribution is 2.16. The molecule has 0 aromatic heterocycles. The van der Waals surface area contributed by atoms with Crippen LogP contribution in [0, 0.1) is 5.92 Å². The molecule has 1 aliphatic heterocycles. The van der Waals surface area contributed by atoms with Gasteiger partial charge < -0.3 is 10.2 Å². The van der Waals surface area contributed by atoms with E-state index in [1.165, 1.54) is 13.0 Å². The maximum absolute atomic E-state index is 12.3. The molecular formula is C19H24N2O3. The Bertz CT molecular complexity index is 662. The van der Waals surface area contributed by atoms with Crippen molar-refractivity contribution in [3.8, 4) is 0 Å². The van der Waals surface area contributed by atoms with Crippen molar-refractivity contribution in [2.45, 2.75) is 33.6 Å². The van der Waals surface area contributed by atoms with E-state index in [4.69, 9.17) is 0 Å². The van der Waals surface area contributed by atoms with Gasteiger partial charge >= 0.3 is 0 Å². The van der Waals surface area contributed by atoms with Gasteiger partial charge in [0.25, 0.3) is 5.91 Å². The predicted molar refractivity (Wildman–Crippen MR) is 93.8 cm³/mol. The Morgan fingerprint density at radius 3 is 2.42 bits per heavy atom. The summed E-state index contributed by atoms with van der Waals surface area (Å²) < 4.78 is 0. The molecule has 128 valence electrons. The molecule has 0 aliphatic carbocycles. The number of nitrogens with one attached hydrogen (secondary N) is 1. The fraction of sp³-hybridized carbons (Fsp3) is 0.421. The van der Waals surface area contributed by atoms with Crippen LogP contribution in [0.1, 0.15) is 44.0 Å². The summed E-state index contributed by atoms with van der Waals surface area (Å²) >= 11 is 0. The lowest BCUT2D eigenvalue weighted by atomic mass is 10.0. The Balaban J connectivity index is 1.97. The molecule has 1 unspecified atom stereocenters. The first kappa shape index (κ1) is 17.9. The van der Waals surface area contributed by atoms with Crippen LogP contribution in [-0.4, -0.2) is 35.6 Å². The van der Waals surface area contributed by atoms with Crippen LogP contribution >= 0.6 is 0 Å². The lowest BCUT2D eigenvalue weighted by Crippen LogP contribution is -2.38. The van der Waals surface area contributed by atoms with Crippen LogP contribution in [0.5, 0.6) is 0 Å². The Labute approximate surface area is 142 Å². The van der Waals surface area contributed by atoms with Gasteiger partial charge in [0.05, 0.1) is 0 Å². The van der Waals surface area contributed by atoms with E-state index in [0.29, 0.717) is 22.7 Å². The number of benzene rings is 1. The molecule has 24 heavy (non-hydrogen) atoms. The third-order valence-corrected chi connectivity index (χ3v) is 4.22. The van der Waals surface area contributed by atoms with Crippen LogP contribution < -0.4 is 5.32 Å². The molecule has 0 spiro atoms. The zero-order valence-electron chi connectivity index (χ0n) is 14.5. The molecule has 5 heteroatoms. The summed E-state index contributed by atoms with van der Waals surface area (Å²) in [4.78, 5) is 37.5. The second-order valence-corrected chi connectivity index (χ2v) is 6.45. The number of hydrogen-bond acceptors (Lipinski definition) is 3. The van der Waals surface area contributed by atoms with Crippen LogP contribution in [0.15, 0.2) is 35.9 Å². The fourth-order valence-corrected chi connectivity index (χ4v) is 2.75. The summed E-state index contributed by atoms with van der Waals surface area (Å²) in [6, 6.07) is 6.68. The lowest BCUT2D eigenvalue weighted by Gasteiger charge is -2.30. The van der Waals surface area contributed by atoms with Gasteiger partial charge in [0.15, 0.2) is 5.78 Å². The predicted octanol–water partition coefficient (Wildman–Crippen LogP) is 3.03. The van der Waals surface area contributed by atoms with E-state index in [-0.39, 0.29) is 17.6 Å². The minimum atomic E-state index is -0.316. The van der Waals surface area contributed by atoms with Gasteiger partial charge in [-0.3, -0.25) is 14.4 Å². The largest absolute Gasteiger partial charge is 0.339 e. The zero-order chi connectivity index (χ0) is 17.7. The zero-order valence-corrected chi connectivity index (χ0v) is 14.5. The molecule has 1 aromatic rings. The van der Waals surface area contributed by atoms with Crippen LogP contribution in [0.4, 0.5) is 5.69 Å². The molecule has 1 atom stereocenters. The number of hydrogen-bond donors (Lipinski definition) is 1. The molecule has 1 fully saturated rings. The maximum atomic E-state index is 12.3. The second kappa shape index (κ2) is 7.90. The topological polar surface area (TPSA) is 66.5 Å². The molecule has 0 radical (unpaired) electrons. The number of anilines is 1. The normalized spacial score (nSPS) is 18.2. The highest BCUT2D eigenvalue weighted by Gasteiger charge is 2.20. The average Bonchev–Trinajstić information content (AvgIpc) is 2.55. The summed E-state index contributed by atoms with van der Waals surface area (Å²) in [7, 11) is 0. The van der Waals surface area contributed by atoms with E-state index in [9.17, 15) is 14.4 Å². The molecule has 1 aromatic carbocycles. The standard InChI is InChI=1S/C19H24N2O3/c1-13-5-4-10-21(12-13)18(23)11-14(2)19(24)20-17-8-6-16(7-9-17)15(3)22/h6-9,11,13H,4-5,10,12H2,1-3H3,(H,20,24)/b14-11-. The quantitative estimate of drug-likeness (QED) is 0.682. The van der Waals surface area contributed by atoms with E-state index in [2.05, 4.69) is 12.2 Å². The van der Waals surface area contributed by atoms with E-state index in [0.717, 1.165) is 25.9 Å². The van der Waals surface area contributed by atoms with Crippen molar-refractivity contribution in [2.75, 3.05) is 18.4 Å². The van der Waals surface area contributed by atoms with E-state index in [1.54, 1.807) is 36.1 Å². The van der Waals surface area contributed by atoms with Crippen molar-refractivity contribution in [3.05, 3.63) is 41.5 Å². The van der Waals surface area contributed by atoms with Crippen molar-refractivity contribution in [3.63, 3.8) is 0 Å². The van der Waals surface area contributed by atoms with Crippen LogP contribution in [0.2, 0.25) is 0 Å². The smallest absolute Gasteiger partial charge is 0.251 e. The summed E-state index contributed by atoms with van der Waals surface area (Å²) in [5, 5.41) is 2.74. The van der Waals surface area contributed by atoms with Gasteiger partial charge in [-0.15, -0.1) is 0 Å². The Kier molecular flexibility index (Phi) is 5.90. The Hall–Kier alpha value is -2.43. The minimum Gasteiger partial charge on any atom is -0.339 e. The van der Waals surface area contributed by atoms with E-state index in [1.807, 2.05) is 0 Å². The van der Waals surface area contributed by atoms with Gasteiger partial charge in [0.1, 0.15) is 0 Å². The van der Waals surface area contributed by atoms with Crippen molar-refractivity contribution in [1.29, 1.82) is 0 Å². The van der Waals surface area contributed by atoms with E-state index >= 15 is 0 Å². The molecule has 5 nitrogen and oxygen atoms in total.